The Labute approximate surface area is 78.7 Å². The van der Waals surface area contributed by atoms with Crippen LogP contribution in [0.15, 0.2) is 24.3 Å². The van der Waals surface area contributed by atoms with E-state index in [0.717, 1.165) is 17.7 Å². The molecule has 13 heavy (non-hydrogen) atoms. The molecule has 3 nitrogen and oxygen atoms in total. The Bertz CT molecular complexity index is 246. The molecule has 0 aliphatic heterocycles. The minimum absolute atomic E-state index is 0.214. The number of anilines is 1. The maximum Gasteiger partial charge on any atom is 0.109 e. The first kappa shape index (κ1) is 10.0. The van der Waals surface area contributed by atoms with Gasteiger partial charge in [-0.25, -0.2) is 0 Å². The fourth-order valence-corrected chi connectivity index (χ4v) is 1.16. The highest BCUT2D eigenvalue weighted by Crippen LogP contribution is 2.07. The number of ether oxygens (including phenoxy) is 1. The summed E-state index contributed by atoms with van der Waals surface area (Å²) in [4.78, 5) is 0. The van der Waals surface area contributed by atoms with Crippen molar-refractivity contribution in [2.45, 2.75) is 19.6 Å². The Kier molecular flexibility index (Phi) is 3.73. The van der Waals surface area contributed by atoms with E-state index in [1.54, 1.807) is 0 Å². The Hall–Kier alpha value is -1.06. The Morgan fingerprint density at radius 2 is 1.92 bits per heavy atom. The molecule has 0 fully saturated rings. The standard InChI is InChI=1S/C10H16N2O/c1-2-13-10(12)7-8-3-5-9(11)6-4-8/h3-6,10H,2,7,11-12H2,1H3. The molecular weight excluding hydrogens is 164 g/mol. The topological polar surface area (TPSA) is 61.3 Å². The lowest BCUT2D eigenvalue weighted by Crippen LogP contribution is -2.26. The van der Waals surface area contributed by atoms with E-state index >= 15 is 0 Å². The second-order valence-corrected chi connectivity index (χ2v) is 2.94. The molecule has 0 aromatic heterocycles. The average molecular weight is 180 g/mol. The van der Waals surface area contributed by atoms with Crippen molar-refractivity contribution in [3.63, 3.8) is 0 Å². The van der Waals surface area contributed by atoms with Crippen LogP contribution >= 0.6 is 0 Å². The molecule has 0 amide bonds. The molecule has 0 bridgehead atoms. The van der Waals surface area contributed by atoms with Gasteiger partial charge in [-0.05, 0) is 24.6 Å². The zero-order valence-electron chi connectivity index (χ0n) is 7.86. The van der Waals surface area contributed by atoms with Crippen molar-refractivity contribution in [2.24, 2.45) is 5.73 Å². The molecule has 1 rings (SSSR count). The van der Waals surface area contributed by atoms with Crippen molar-refractivity contribution < 1.29 is 4.74 Å². The van der Waals surface area contributed by atoms with Crippen molar-refractivity contribution in [1.82, 2.24) is 0 Å². The third-order valence-electron chi connectivity index (χ3n) is 1.80. The third kappa shape index (κ3) is 3.44. The van der Waals surface area contributed by atoms with Gasteiger partial charge in [-0.1, -0.05) is 12.1 Å². The summed E-state index contributed by atoms with van der Waals surface area (Å²) in [6.45, 7) is 2.58. The molecule has 3 heteroatoms. The van der Waals surface area contributed by atoms with Gasteiger partial charge in [-0.2, -0.15) is 0 Å². The molecule has 1 atom stereocenters. The van der Waals surface area contributed by atoms with Gasteiger partial charge in [-0.15, -0.1) is 0 Å². The molecule has 72 valence electrons. The molecule has 4 N–H and O–H groups in total. The maximum atomic E-state index is 5.70. The highest BCUT2D eigenvalue weighted by atomic mass is 16.5. The SMILES string of the molecule is CCOC(N)Cc1ccc(N)cc1. The molecule has 0 saturated heterocycles. The van der Waals surface area contributed by atoms with E-state index < -0.39 is 0 Å². The molecule has 0 saturated carbocycles. The number of hydrogen-bond acceptors (Lipinski definition) is 3. The van der Waals surface area contributed by atoms with Gasteiger partial charge >= 0.3 is 0 Å². The van der Waals surface area contributed by atoms with Crippen LogP contribution in [0.1, 0.15) is 12.5 Å². The summed E-state index contributed by atoms with van der Waals surface area (Å²) in [5.74, 6) is 0. The summed E-state index contributed by atoms with van der Waals surface area (Å²) in [6, 6.07) is 7.67. The van der Waals surface area contributed by atoms with Crippen LogP contribution in [-0.4, -0.2) is 12.8 Å². The predicted molar refractivity (Wildman–Crippen MR) is 54.2 cm³/mol. The van der Waals surface area contributed by atoms with Gasteiger partial charge in [0.05, 0.1) is 0 Å². The molecule has 1 aromatic carbocycles. The fourth-order valence-electron chi connectivity index (χ4n) is 1.16. The van der Waals surface area contributed by atoms with E-state index in [-0.39, 0.29) is 6.23 Å². The first-order valence-electron chi connectivity index (χ1n) is 4.44. The molecule has 1 unspecified atom stereocenters. The zero-order valence-corrected chi connectivity index (χ0v) is 7.86. The van der Waals surface area contributed by atoms with Crippen molar-refractivity contribution in [1.29, 1.82) is 0 Å². The highest BCUT2D eigenvalue weighted by Gasteiger charge is 2.02. The number of nitrogen functional groups attached to an aromatic ring is 1. The van der Waals surface area contributed by atoms with E-state index in [1.165, 1.54) is 0 Å². The highest BCUT2D eigenvalue weighted by molar-refractivity contribution is 5.39. The Morgan fingerprint density at radius 1 is 1.31 bits per heavy atom. The lowest BCUT2D eigenvalue weighted by molar-refractivity contribution is 0.0681. The Morgan fingerprint density at radius 3 is 2.46 bits per heavy atom. The molecule has 0 radical (unpaired) electrons. The van der Waals surface area contributed by atoms with Crippen LogP contribution in [0.3, 0.4) is 0 Å². The second kappa shape index (κ2) is 4.84. The van der Waals surface area contributed by atoms with Crippen LogP contribution in [0.2, 0.25) is 0 Å². The molecule has 0 spiro atoms. The first-order chi connectivity index (χ1) is 6.22. The summed E-state index contributed by atoms with van der Waals surface area (Å²) >= 11 is 0. The van der Waals surface area contributed by atoms with E-state index in [0.29, 0.717) is 6.61 Å². The van der Waals surface area contributed by atoms with Crippen molar-refractivity contribution >= 4 is 5.69 Å². The van der Waals surface area contributed by atoms with E-state index in [2.05, 4.69) is 0 Å². The van der Waals surface area contributed by atoms with Gasteiger partial charge in [0.2, 0.25) is 0 Å². The fraction of sp³-hybridized carbons (Fsp3) is 0.400. The number of hydrogen-bond donors (Lipinski definition) is 2. The van der Waals surface area contributed by atoms with Gasteiger partial charge in [0.25, 0.3) is 0 Å². The van der Waals surface area contributed by atoms with Gasteiger partial charge in [0.1, 0.15) is 6.23 Å². The number of benzene rings is 1. The van der Waals surface area contributed by atoms with Gasteiger partial charge in [0.15, 0.2) is 0 Å². The molecule has 1 aromatic rings. The van der Waals surface area contributed by atoms with Gasteiger partial charge in [0, 0.05) is 18.7 Å². The summed E-state index contributed by atoms with van der Waals surface area (Å²) in [7, 11) is 0. The monoisotopic (exact) mass is 180 g/mol. The number of nitrogens with two attached hydrogens (primary N) is 2. The van der Waals surface area contributed by atoms with Crippen molar-refractivity contribution in [3.8, 4) is 0 Å². The molecule has 0 aliphatic rings. The van der Waals surface area contributed by atoms with Crippen molar-refractivity contribution in [3.05, 3.63) is 29.8 Å². The molecule has 0 heterocycles. The number of rotatable bonds is 4. The van der Waals surface area contributed by atoms with Gasteiger partial charge in [-0.3, -0.25) is 0 Å². The average Bonchev–Trinajstić information content (AvgIpc) is 2.09. The molecule has 0 aliphatic carbocycles. The van der Waals surface area contributed by atoms with E-state index in [4.69, 9.17) is 16.2 Å². The quantitative estimate of drug-likeness (QED) is 0.539. The zero-order chi connectivity index (χ0) is 9.68. The third-order valence-corrected chi connectivity index (χ3v) is 1.80. The van der Waals surface area contributed by atoms with Crippen molar-refractivity contribution in [2.75, 3.05) is 12.3 Å². The first-order valence-corrected chi connectivity index (χ1v) is 4.44. The summed E-state index contributed by atoms with van der Waals surface area (Å²) in [6.07, 6.45) is 0.516. The van der Waals surface area contributed by atoms with E-state index in [9.17, 15) is 0 Å². The minimum atomic E-state index is -0.214. The summed E-state index contributed by atoms with van der Waals surface area (Å²) in [5.41, 5.74) is 13.2. The predicted octanol–water partition coefficient (Wildman–Crippen LogP) is 1.13. The molecular formula is C10H16N2O. The van der Waals surface area contributed by atoms with Crippen LogP contribution < -0.4 is 11.5 Å². The van der Waals surface area contributed by atoms with Gasteiger partial charge < -0.3 is 16.2 Å². The second-order valence-electron chi connectivity index (χ2n) is 2.94. The largest absolute Gasteiger partial charge is 0.399 e. The van der Waals surface area contributed by atoms with E-state index in [1.807, 2.05) is 31.2 Å². The normalized spacial score (nSPS) is 12.8. The van der Waals surface area contributed by atoms with Crippen LogP contribution in [0.4, 0.5) is 5.69 Å². The lowest BCUT2D eigenvalue weighted by Gasteiger charge is -2.11. The lowest BCUT2D eigenvalue weighted by atomic mass is 10.1. The summed E-state index contributed by atoms with van der Waals surface area (Å²) in [5, 5.41) is 0. The Balaban J connectivity index is 2.49. The van der Waals surface area contributed by atoms with Crippen LogP contribution in [0, 0.1) is 0 Å². The van der Waals surface area contributed by atoms with Crippen LogP contribution in [0.25, 0.3) is 0 Å². The maximum absolute atomic E-state index is 5.70. The smallest absolute Gasteiger partial charge is 0.109 e. The van der Waals surface area contributed by atoms with Crippen LogP contribution in [-0.2, 0) is 11.2 Å². The summed E-state index contributed by atoms with van der Waals surface area (Å²) < 4.78 is 5.22. The van der Waals surface area contributed by atoms with Crippen LogP contribution in [0.5, 0.6) is 0 Å². The minimum Gasteiger partial charge on any atom is -0.399 e.